The summed E-state index contributed by atoms with van der Waals surface area (Å²) >= 11 is 0. The molecule has 0 bridgehead atoms. The average molecular weight is 240 g/mol. The van der Waals surface area contributed by atoms with E-state index in [0.717, 1.165) is 0 Å². The zero-order chi connectivity index (χ0) is 10.1. The van der Waals surface area contributed by atoms with Crippen LogP contribution in [0.15, 0.2) is 35.7 Å². The quantitative estimate of drug-likeness (QED) is 0.621. The number of hydrogen-bond donors (Lipinski definition) is 1. The van der Waals surface area contributed by atoms with Crippen LogP contribution >= 0.6 is 0 Å². The Kier molecular flexibility index (Phi) is 5.33. The zero-order valence-electron chi connectivity index (χ0n) is 7.19. The van der Waals surface area contributed by atoms with E-state index in [1.54, 1.807) is 25.1 Å². The Hall–Kier alpha value is 0.130. The van der Waals surface area contributed by atoms with Gasteiger partial charge in [-0.2, -0.15) is 8.42 Å². The summed E-state index contributed by atoms with van der Waals surface area (Å²) in [6.45, 7) is 5.31. The third-order valence-corrected chi connectivity index (χ3v) is 2.54. The first kappa shape index (κ1) is 14.1. The molecule has 0 saturated heterocycles. The van der Waals surface area contributed by atoms with Crippen molar-refractivity contribution in [2.45, 2.75) is 11.8 Å². The number of rotatable bonds is 2. The molecule has 1 N–H and O–H groups in total. The van der Waals surface area contributed by atoms with Crippen LogP contribution in [0, 0.1) is 0 Å². The molecule has 0 heterocycles. The molecule has 0 amide bonds. The monoisotopic (exact) mass is 240 g/mol. The van der Waals surface area contributed by atoms with Gasteiger partial charge in [0, 0.05) is 0 Å². The molecule has 1 rings (SSSR count). The third kappa shape index (κ3) is 3.37. The molecule has 0 aliphatic carbocycles. The van der Waals surface area contributed by atoms with Crippen LogP contribution in [-0.2, 0) is 10.1 Å². The predicted molar refractivity (Wildman–Crippen MR) is 59.5 cm³/mol. The molecule has 0 saturated carbocycles. The van der Waals surface area contributed by atoms with Crippen molar-refractivity contribution in [3.8, 4) is 0 Å². The zero-order valence-corrected chi connectivity index (χ0v) is 8.00. The maximum absolute atomic E-state index is 10.9. The maximum atomic E-state index is 10.9. The van der Waals surface area contributed by atoms with Gasteiger partial charge in [0.25, 0.3) is 10.1 Å². The second kappa shape index (κ2) is 5.28. The second-order valence-electron chi connectivity index (χ2n) is 2.75. The van der Waals surface area contributed by atoms with E-state index in [1.807, 2.05) is 0 Å². The second-order valence-corrected chi connectivity index (χ2v) is 4.14. The van der Waals surface area contributed by atoms with Crippen molar-refractivity contribution in [2.24, 2.45) is 0 Å². The first-order valence-electron chi connectivity index (χ1n) is 3.65. The van der Waals surface area contributed by atoms with Crippen molar-refractivity contribution >= 4 is 53.4 Å². The number of allylic oxidation sites excluding steroid dienone is 1. The van der Waals surface area contributed by atoms with Gasteiger partial charge >= 0.3 is 37.7 Å². The topological polar surface area (TPSA) is 54.4 Å². The van der Waals surface area contributed by atoms with Gasteiger partial charge in [-0.3, -0.25) is 4.55 Å². The summed E-state index contributed by atoms with van der Waals surface area (Å²) in [6.07, 6.45) is 0. The van der Waals surface area contributed by atoms with Crippen LogP contribution in [0.2, 0.25) is 0 Å². The van der Waals surface area contributed by atoms with Gasteiger partial charge in [-0.15, -0.1) is 0 Å². The molecule has 1 aromatic carbocycles. The molecule has 74 valence electrons. The molecular weight excluding hydrogens is 228 g/mol. The standard InChI is InChI=1S/C9H10O3S.Ca.2H/c1-7(2)8-5-3-4-6-9(8)13(10,11)12;;;/h3-6H,1H2,2H3,(H,10,11,12);;;. The fraction of sp³-hybridized carbons (Fsp3) is 0.111. The van der Waals surface area contributed by atoms with Crippen molar-refractivity contribution in [1.82, 2.24) is 0 Å². The molecule has 0 aliphatic rings. The van der Waals surface area contributed by atoms with Crippen LogP contribution in [0.4, 0.5) is 0 Å². The van der Waals surface area contributed by atoms with E-state index in [-0.39, 0.29) is 42.6 Å². The minimum atomic E-state index is -4.14. The molecule has 0 radical (unpaired) electrons. The molecule has 1 aromatic rings. The molecule has 0 spiro atoms. The van der Waals surface area contributed by atoms with Gasteiger partial charge in [0.05, 0.1) is 0 Å². The molecule has 3 nitrogen and oxygen atoms in total. The van der Waals surface area contributed by atoms with Gasteiger partial charge in [-0.1, -0.05) is 24.8 Å². The van der Waals surface area contributed by atoms with Crippen molar-refractivity contribution in [1.29, 1.82) is 0 Å². The summed E-state index contributed by atoms with van der Waals surface area (Å²) in [5, 5.41) is 0. The summed E-state index contributed by atoms with van der Waals surface area (Å²) < 4.78 is 30.6. The van der Waals surface area contributed by atoms with E-state index in [2.05, 4.69) is 6.58 Å². The summed E-state index contributed by atoms with van der Waals surface area (Å²) in [6, 6.07) is 6.19. The Morgan fingerprint density at radius 3 is 2.21 bits per heavy atom. The molecule has 0 aromatic heterocycles. The first-order valence-corrected chi connectivity index (χ1v) is 5.09. The van der Waals surface area contributed by atoms with Crippen LogP contribution in [0.3, 0.4) is 0 Å². The molecule has 0 fully saturated rings. The van der Waals surface area contributed by atoms with Crippen molar-refractivity contribution in [3.63, 3.8) is 0 Å². The van der Waals surface area contributed by atoms with Crippen molar-refractivity contribution in [2.75, 3.05) is 0 Å². The fourth-order valence-electron chi connectivity index (χ4n) is 1.04. The summed E-state index contributed by atoms with van der Waals surface area (Å²) in [5.74, 6) is 0. The van der Waals surface area contributed by atoms with Crippen LogP contribution in [0.1, 0.15) is 12.5 Å². The van der Waals surface area contributed by atoms with E-state index in [4.69, 9.17) is 4.55 Å². The fourth-order valence-corrected chi connectivity index (χ4v) is 1.81. The summed E-state index contributed by atoms with van der Waals surface area (Å²) in [4.78, 5) is -0.0949. The van der Waals surface area contributed by atoms with E-state index in [0.29, 0.717) is 11.1 Å². The summed E-state index contributed by atoms with van der Waals surface area (Å²) in [5.41, 5.74) is 1.05. The molecule has 0 aliphatic heterocycles. The van der Waals surface area contributed by atoms with Crippen LogP contribution in [-0.4, -0.2) is 50.7 Å². The van der Waals surface area contributed by atoms with Crippen LogP contribution in [0.25, 0.3) is 5.57 Å². The minimum absolute atomic E-state index is 0. The van der Waals surface area contributed by atoms with Crippen LogP contribution in [0.5, 0.6) is 0 Å². The van der Waals surface area contributed by atoms with Crippen molar-refractivity contribution in [3.05, 3.63) is 36.4 Å². The normalized spacial score (nSPS) is 10.4. The molecular formula is C9H12CaO3S. The van der Waals surface area contributed by atoms with E-state index < -0.39 is 10.1 Å². The van der Waals surface area contributed by atoms with Gasteiger partial charge in [0.15, 0.2) is 0 Å². The summed E-state index contributed by atoms with van der Waals surface area (Å²) in [7, 11) is -4.14. The van der Waals surface area contributed by atoms with Gasteiger partial charge in [0.1, 0.15) is 4.90 Å². The third-order valence-electron chi connectivity index (χ3n) is 1.62. The van der Waals surface area contributed by atoms with Gasteiger partial charge in [-0.05, 0) is 24.1 Å². The van der Waals surface area contributed by atoms with Gasteiger partial charge in [0.2, 0.25) is 0 Å². The Labute approximate surface area is 114 Å². The number of benzene rings is 1. The first-order chi connectivity index (χ1) is 5.93. The van der Waals surface area contributed by atoms with E-state index >= 15 is 0 Å². The molecule has 0 atom stereocenters. The SMILES string of the molecule is C=C(C)c1ccccc1S(=O)(=O)O.[CaH2]. The van der Waals surface area contributed by atoms with E-state index in [9.17, 15) is 8.42 Å². The molecule has 0 unspecified atom stereocenters. The average Bonchev–Trinajstić information content (AvgIpc) is 2.03. The Bertz CT molecular complexity index is 437. The number of hydrogen-bond acceptors (Lipinski definition) is 2. The Morgan fingerprint density at radius 1 is 1.36 bits per heavy atom. The van der Waals surface area contributed by atoms with Gasteiger partial charge in [-0.25, -0.2) is 0 Å². The van der Waals surface area contributed by atoms with Gasteiger partial charge < -0.3 is 0 Å². The Balaban J connectivity index is 0.00000169. The molecule has 5 heteroatoms. The van der Waals surface area contributed by atoms with Crippen LogP contribution < -0.4 is 0 Å². The predicted octanol–water partition coefficient (Wildman–Crippen LogP) is 1.05. The Morgan fingerprint density at radius 2 is 1.86 bits per heavy atom. The van der Waals surface area contributed by atoms with Crippen molar-refractivity contribution < 1.29 is 13.0 Å². The molecule has 14 heavy (non-hydrogen) atoms. The van der Waals surface area contributed by atoms with E-state index in [1.165, 1.54) is 6.07 Å².